The molecule has 0 saturated heterocycles. The van der Waals surface area contributed by atoms with Crippen LogP contribution in [0.4, 0.5) is 6.01 Å². The van der Waals surface area contributed by atoms with E-state index in [4.69, 9.17) is 9.15 Å². The summed E-state index contributed by atoms with van der Waals surface area (Å²) in [6.07, 6.45) is 0.434. The van der Waals surface area contributed by atoms with Gasteiger partial charge in [0, 0.05) is 16.7 Å². The Morgan fingerprint density at radius 2 is 1.48 bits per heavy atom. The molecule has 4 aromatic rings. The molecule has 1 N–H and O–H groups in total. The van der Waals surface area contributed by atoms with Gasteiger partial charge in [0.05, 0.1) is 13.5 Å². The van der Waals surface area contributed by atoms with Crippen LogP contribution in [0.2, 0.25) is 0 Å². The summed E-state index contributed by atoms with van der Waals surface area (Å²) >= 11 is 0. The van der Waals surface area contributed by atoms with E-state index in [1.807, 2.05) is 42.5 Å². The molecule has 1 aromatic heterocycles. The molecular formula is C24H19N3O4. The number of benzene rings is 3. The Balaban J connectivity index is 1.38. The van der Waals surface area contributed by atoms with Crippen molar-refractivity contribution in [1.82, 2.24) is 10.2 Å². The molecule has 0 atom stereocenters. The lowest BCUT2D eigenvalue weighted by molar-refractivity contribution is 0.101. The van der Waals surface area contributed by atoms with Crippen LogP contribution < -0.4 is 10.1 Å². The first kappa shape index (κ1) is 20.0. The Kier molecular flexibility index (Phi) is 5.84. The fraction of sp³-hybridized carbons (Fsp3) is 0.0833. The number of hydrogen-bond acceptors (Lipinski definition) is 6. The first-order chi connectivity index (χ1) is 15.1. The number of anilines is 1. The smallest absolute Gasteiger partial charge is 0.322 e. The van der Waals surface area contributed by atoms with Crippen molar-refractivity contribution in [1.29, 1.82) is 0 Å². The number of ether oxygens (including phenoxy) is 1. The van der Waals surface area contributed by atoms with E-state index < -0.39 is 5.91 Å². The van der Waals surface area contributed by atoms with E-state index in [-0.39, 0.29) is 11.8 Å². The number of nitrogens with zero attached hydrogens (tertiary/aromatic N) is 2. The number of nitrogens with one attached hydrogen (secondary N) is 1. The Morgan fingerprint density at radius 1 is 0.839 bits per heavy atom. The highest BCUT2D eigenvalue weighted by molar-refractivity contribution is 6.10. The molecule has 0 aliphatic heterocycles. The van der Waals surface area contributed by atoms with Crippen LogP contribution in [-0.4, -0.2) is 29.0 Å². The van der Waals surface area contributed by atoms with Crippen LogP contribution in [0.15, 0.2) is 83.3 Å². The van der Waals surface area contributed by atoms with E-state index in [2.05, 4.69) is 15.5 Å². The first-order valence-corrected chi connectivity index (χ1v) is 9.59. The van der Waals surface area contributed by atoms with Gasteiger partial charge in [0.25, 0.3) is 5.91 Å². The van der Waals surface area contributed by atoms with Gasteiger partial charge < -0.3 is 9.15 Å². The summed E-state index contributed by atoms with van der Waals surface area (Å²) in [5, 5.41) is 10.4. The fourth-order valence-corrected chi connectivity index (χ4v) is 2.99. The van der Waals surface area contributed by atoms with E-state index >= 15 is 0 Å². The molecule has 0 unspecified atom stereocenters. The Hall–Kier alpha value is -4.26. The predicted molar refractivity (Wildman–Crippen MR) is 114 cm³/mol. The summed E-state index contributed by atoms with van der Waals surface area (Å²) in [7, 11) is 1.61. The lowest BCUT2D eigenvalue weighted by atomic mass is 10.0. The first-order valence-electron chi connectivity index (χ1n) is 9.59. The SMILES string of the molecule is COc1ccc(Cc2nnc(NC(=O)c3ccc(C(=O)c4ccccc4)cc3)o2)cc1. The summed E-state index contributed by atoms with van der Waals surface area (Å²) in [5.74, 6) is 0.633. The van der Waals surface area contributed by atoms with Gasteiger partial charge in [-0.3, -0.25) is 14.9 Å². The average molecular weight is 413 g/mol. The van der Waals surface area contributed by atoms with Crippen molar-refractivity contribution in [3.8, 4) is 5.75 Å². The minimum atomic E-state index is -0.404. The lowest BCUT2D eigenvalue weighted by Crippen LogP contribution is -2.12. The molecule has 7 heteroatoms. The van der Waals surface area contributed by atoms with E-state index in [9.17, 15) is 9.59 Å². The molecule has 0 bridgehead atoms. The summed E-state index contributed by atoms with van der Waals surface area (Å²) < 4.78 is 10.7. The van der Waals surface area contributed by atoms with Crippen molar-refractivity contribution in [3.05, 3.63) is 107 Å². The van der Waals surface area contributed by atoms with Gasteiger partial charge in [0.2, 0.25) is 5.89 Å². The number of carbonyl (C=O) groups excluding carboxylic acids is 2. The third kappa shape index (κ3) is 4.84. The lowest BCUT2D eigenvalue weighted by Gasteiger charge is -2.04. The molecule has 1 heterocycles. The van der Waals surface area contributed by atoms with Gasteiger partial charge in [0.1, 0.15) is 5.75 Å². The number of ketones is 1. The standard InChI is InChI=1S/C24H19N3O4/c1-30-20-13-7-16(8-14-20)15-21-26-27-24(31-21)25-23(29)19-11-9-18(10-12-19)22(28)17-5-3-2-4-6-17/h2-14H,15H2,1H3,(H,25,27,29). The third-order valence-electron chi connectivity index (χ3n) is 4.65. The van der Waals surface area contributed by atoms with E-state index in [0.29, 0.717) is 29.0 Å². The quantitative estimate of drug-likeness (QED) is 0.458. The Labute approximate surface area is 178 Å². The predicted octanol–water partition coefficient (Wildman–Crippen LogP) is 4.15. The molecule has 0 aliphatic carbocycles. The molecule has 4 rings (SSSR count). The second-order valence-electron chi connectivity index (χ2n) is 6.75. The van der Waals surface area contributed by atoms with Crippen LogP contribution in [0.1, 0.15) is 37.7 Å². The number of carbonyl (C=O) groups is 2. The molecule has 7 nitrogen and oxygen atoms in total. The van der Waals surface area contributed by atoms with Gasteiger partial charge in [-0.25, -0.2) is 0 Å². The summed E-state index contributed by atoms with van der Waals surface area (Å²) in [4.78, 5) is 24.9. The highest BCUT2D eigenvalue weighted by Gasteiger charge is 2.14. The average Bonchev–Trinajstić information content (AvgIpc) is 3.26. The number of aromatic nitrogens is 2. The van der Waals surface area contributed by atoms with Crippen LogP contribution in [0.3, 0.4) is 0 Å². The van der Waals surface area contributed by atoms with Crippen LogP contribution in [0, 0.1) is 0 Å². The van der Waals surface area contributed by atoms with E-state index in [0.717, 1.165) is 11.3 Å². The molecule has 154 valence electrons. The zero-order valence-corrected chi connectivity index (χ0v) is 16.7. The van der Waals surface area contributed by atoms with Gasteiger partial charge in [-0.1, -0.05) is 59.7 Å². The van der Waals surface area contributed by atoms with Gasteiger partial charge in [-0.15, -0.1) is 5.10 Å². The zero-order chi connectivity index (χ0) is 21.6. The second-order valence-corrected chi connectivity index (χ2v) is 6.75. The maximum Gasteiger partial charge on any atom is 0.322 e. The Bertz CT molecular complexity index is 1180. The number of methoxy groups -OCH3 is 1. The highest BCUT2D eigenvalue weighted by Crippen LogP contribution is 2.16. The van der Waals surface area contributed by atoms with Crippen molar-refractivity contribution >= 4 is 17.7 Å². The van der Waals surface area contributed by atoms with Gasteiger partial charge in [-0.05, 0) is 29.8 Å². The topological polar surface area (TPSA) is 94.3 Å². The molecular weight excluding hydrogens is 394 g/mol. The highest BCUT2D eigenvalue weighted by atomic mass is 16.5. The molecule has 0 radical (unpaired) electrons. The van der Waals surface area contributed by atoms with Crippen LogP contribution in [-0.2, 0) is 6.42 Å². The van der Waals surface area contributed by atoms with Crippen molar-refractivity contribution in [3.63, 3.8) is 0 Å². The molecule has 0 fully saturated rings. The molecule has 0 aliphatic rings. The van der Waals surface area contributed by atoms with Crippen molar-refractivity contribution < 1.29 is 18.7 Å². The maximum atomic E-state index is 12.5. The van der Waals surface area contributed by atoms with Crippen LogP contribution >= 0.6 is 0 Å². The van der Waals surface area contributed by atoms with Gasteiger partial charge in [0.15, 0.2) is 5.78 Å². The number of amides is 1. The molecule has 0 spiro atoms. The van der Waals surface area contributed by atoms with Crippen LogP contribution in [0.5, 0.6) is 5.75 Å². The summed E-state index contributed by atoms with van der Waals surface area (Å²) in [6.45, 7) is 0. The number of rotatable bonds is 7. The second kappa shape index (κ2) is 9.04. The fourth-order valence-electron chi connectivity index (χ4n) is 2.99. The van der Waals surface area contributed by atoms with Crippen molar-refractivity contribution in [2.45, 2.75) is 6.42 Å². The molecule has 0 saturated carbocycles. The monoisotopic (exact) mass is 413 g/mol. The zero-order valence-electron chi connectivity index (χ0n) is 16.7. The Morgan fingerprint density at radius 3 is 2.16 bits per heavy atom. The minimum absolute atomic E-state index is 0.0120. The van der Waals surface area contributed by atoms with Crippen molar-refractivity contribution in [2.24, 2.45) is 0 Å². The van der Waals surface area contributed by atoms with E-state index in [1.165, 1.54) is 0 Å². The van der Waals surface area contributed by atoms with E-state index in [1.54, 1.807) is 43.5 Å². The molecule has 31 heavy (non-hydrogen) atoms. The maximum absolute atomic E-state index is 12.5. The summed E-state index contributed by atoms with van der Waals surface area (Å²) in [5.41, 5.74) is 2.44. The largest absolute Gasteiger partial charge is 0.497 e. The third-order valence-corrected chi connectivity index (χ3v) is 4.65. The van der Waals surface area contributed by atoms with Gasteiger partial charge >= 0.3 is 6.01 Å². The number of hydrogen-bond donors (Lipinski definition) is 1. The van der Waals surface area contributed by atoms with Crippen molar-refractivity contribution in [2.75, 3.05) is 12.4 Å². The molecule has 1 amide bonds. The molecule has 3 aromatic carbocycles. The summed E-state index contributed by atoms with van der Waals surface area (Å²) in [6, 6.07) is 22.9. The van der Waals surface area contributed by atoms with Gasteiger partial charge in [-0.2, -0.15) is 0 Å². The minimum Gasteiger partial charge on any atom is -0.497 e. The van der Waals surface area contributed by atoms with Crippen LogP contribution in [0.25, 0.3) is 0 Å². The normalized spacial score (nSPS) is 10.5.